The van der Waals surface area contributed by atoms with E-state index in [1.165, 1.54) is 32.7 Å². The van der Waals surface area contributed by atoms with Gasteiger partial charge >= 0.3 is 0 Å². The Labute approximate surface area is 163 Å². The Morgan fingerprint density at radius 3 is 1.58 bits per heavy atom. The zero-order valence-corrected chi connectivity index (χ0v) is 17.1. The van der Waals surface area contributed by atoms with E-state index < -0.39 is 0 Å². The predicted molar refractivity (Wildman–Crippen MR) is 117 cm³/mol. The van der Waals surface area contributed by atoms with E-state index in [1.54, 1.807) is 0 Å². The van der Waals surface area contributed by atoms with Crippen molar-refractivity contribution in [1.29, 1.82) is 0 Å². The van der Waals surface area contributed by atoms with Crippen LogP contribution in [0, 0.1) is 0 Å². The van der Waals surface area contributed by atoms with Crippen LogP contribution in [0.3, 0.4) is 0 Å². The van der Waals surface area contributed by atoms with Crippen molar-refractivity contribution in [2.75, 3.05) is 21.1 Å². The normalized spacial score (nSPS) is 10.5. The highest BCUT2D eigenvalue weighted by molar-refractivity contribution is 8.89. The second kappa shape index (κ2) is 9.42. The van der Waals surface area contributed by atoms with Crippen molar-refractivity contribution in [3.05, 3.63) is 71.8 Å². The molecule has 0 aromatic heterocycles. The van der Waals surface area contributed by atoms with E-state index in [2.05, 4.69) is 53.4 Å². The van der Waals surface area contributed by atoms with E-state index in [0.717, 1.165) is 8.64 Å². The number of nitrogens with zero attached hydrogens (tertiary/aromatic N) is 2. The minimum Gasteiger partial charge on any atom is -0.363 e. The SMILES string of the molecule is CN(C)C(=S)SSC(=S)N(C)C(c1ccccc1)c1ccccc1. The first-order chi connectivity index (χ1) is 11.5. The highest BCUT2D eigenvalue weighted by atomic mass is 33.1. The molecule has 0 N–H and O–H groups in total. The fourth-order valence-electron chi connectivity index (χ4n) is 2.22. The number of hydrogen-bond donors (Lipinski definition) is 0. The molecule has 0 radical (unpaired) electrons. The van der Waals surface area contributed by atoms with E-state index in [9.17, 15) is 0 Å². The lowest BCUT2D eigenvalue weighted by atomic mass is 9.98. The lowest BCUT2D eigenvalue weighted by Gasteiger charge is -2.30. The Balaban J connectivity index is 2.21. The van der Waals surface area contributed by atoms with Crippen LogP contribution in [0.2, 0.25) is 0 Å². The van der Waals surface area contributed by atoms with Gasteiger partial charge < -0.3 is 9.80 Å². The quantitative estimate of drug-likeness (QED) is 0.518. The summed E-state index contributed by atoms with van der Waals surface area (Å²) in [6.45, 7) is 0. The summed E-state index contributed by atoms with van der Waals surface area (Å²) in [5.41, 5.74) is 2.43. The van der Waals surface area contributed by atoms with E-state index >= 15 is 0 Å². The minimum absolute atomic E-state index is 0.0842. The third kappa shape index (κ3) is 5.21. The number of benzene rings is 2. The van der Waals surface area contributed by atoms with Crippen molar-refractivity contribution in [1.82, 2.24) is 9.80 Å². The summed E-state index contributed by atoms with van der Waals surface area (Å²) in [7, 11) is 8.98. The van der Waals surface area contributed by atoms with Crippen LogP contribution < -0.4 is 0 Å². The van der Waals surface area contributed by atoms with Gasteiger partial charge in [-0.3, -0.25) is 0 Å². The van der Waals surface area contributed by atoms with Crippen LogP contribution in [-0.2, 0) is 0 Å². The number of thiocarbonyl (C=S) groups is 2. The predicted octanol–water partition coefficient (Wildman–Crippen LogP) is 5.22. The Bertz CT molecular complexity index is 634. The Kier molecular flexibility index (Phi) is 7.55. The molecule has 0 saturated carbocycles. The maximum absolute atomic E-state index is 5.65. The molecule has 2 nitrogen and oxygen atoms in total. The largest absolute Gasteiger partial charge is 0.363 e. The molecule has 24 heavy (non-hydrogen) atoms. The summed E-state index contributed by atoms with van der Waals surface area (Å²) in [4.78, 5) is 4.05. The number of rotatable bonds is 3. The molecule has 0 bridgehead atoms. The van der Waals surface area contributed by atoms with Gasteiger partial charge in [-0.05, 0) is 32.7 Å². The van der Waals surface area contributed by atoms with E-state index in [1.807, 2.05) is 38.2 Å². The Morgan fingerprint density at radius 2 is 1.17 bits per heavy atom. The molecule has 0 saturated heterocycles. The first-order valence-corrected chi connectivity index (χ1v) is 10.4. The van der Waals surface area contributed by atoms with E-state index in [0.29, 0.717) is 0 Å². The Morgan fingerprint density at radius 1 is 0.750 bits per heavy atom. The van der Waals surface area contributed by atoms with Gasteiger partial charge in [-0.1, -0.05) is 85.1 Å². The van der Waals surface area contributed by atoms with Crippen molar-refractivity contribution < 1.29 is 0 Å². The minimum atomic E-state index is 0.0842. The molecule has 2 aromatic carbocycles. The van der Waals surface area contributed by atoms with Crippen molar-refractivity contribution in [2.24, 2.45) is 0 Å². The zero-order chi connectivity index (χ0) is 17.5. The average molecular weight is 393 g/mol. The van der Waals surface area contributed by atoms with Gasteiger partial charge in [-0.15, -0.1) is 0 Å². The molecule has 0 aliphatic rings. The van der Waals surface area contributed by atoms with Crippen LogP contribution in [-0.4, -0.2) is 39.6 Å². The molecule has 0 unspecified atom stereocenters. The summed E-state index contributed by atoms with van der Waals surface area (Å²) < 4.78 is 1.62. The highest BCUT2D eigenvalue weighted by Gasteiger charge is 2.22. The van der Waals surface area contributed by atoms with Crippen LogP contribution in [0.4, 0.5) is 0 Å². The van der Waals surface area contributed by atoms with Crippen molar-refractivity contribution in [3.63, 3.8) is 0 Å². The number of hydrogen-bond acceptors (Lipinski definition) is 4. The van der Waals surface area contributed by atoms with Gasteiger partial charge in [0, 0.05) is 21.1 Å². The van der Waals surface area contributed by atoms with Crippen LogP contribution in [0.15, 0.2) is 60.7 Å². The first kappa shape index (κ1) is 19.2. The molecule has 2 aromatic rings. The van der Waals surface area contributed by atoms with E-state index in [4.69, 9.17) is 24.4 Å². The van der Waals surface area contributed by atoms with Gasteiger partial charge in [-0.25, -0.2) is 0 Å². The maximum Gasteiger partial charge on any atom is 0.147 e. The lowest BCUT2D eigenvalue weighted by molar-refractivity contribution is 0.442. The van der Waals surface area contributed by atoms with Gasteiger partial charge in [0.1, 0.15) is 8.64 Å². The monoisotopic (exact) mass is 392 g/mol. The van der Waals surface area contributed by atoms with Crippen LogP contribution in [0.25, 0.3) is 0 Å². The van der Waals surface area contributed by atoms with Crippen molar-refractivity contribution >= 4 is 54.7 Å². The molecule has 126 valence electrons. The molecule has 0 aliphatic heterocycles. The summed E-state index contributed by atoms with van der Waals surface area (Å²) in [5.74, 6) is 0. The first-order valence-electron chi connectivity index (χ1n) is 7.43. The second-order valence-electron chi connectivity index (χ2n) is 5.43. The molecular formula is C18H20N2S4. The topological polar surface area (TPSA) is 6.48 Å². The fourth-order valence-corrected chi connectivity index (χ4v) is 4.68. The van der Waals surface area contributed by atoms with E-state index in [-0.39, 0.29) is 6.04 Å². The smallest absolute Gasteiger partial charge is 0.147 e. The second-order valence-corrected chi connectivity index (χ2v) is 8.82. The highest BCUT2D eigenvalue weighted by Crippen LogP contribution is 2.34. The molecule has 2 rings (SSSR count). The molecular weight excluding hydrogens is 372 g/mol. The average Bonchev–Trinajstić information content (AvgIpc) is 2.61. The van der Waals surface area contributed by atoms with Gasteiger partial charge in [0.25, 0.3) is 0 Å². The fraction of sp³-hybridized carbons (Fsp3) is 0.222. The van der Waals surface area contributed by atoms with Crippen LogP contribution in [0.1, 0.15) is 17.2 Å². The van der Waals surface area contributed by atoms with Crippen LogP contribution >= 0.6 is 46.0 Å². The summed E-state index contributed by atoms with van der Waals surface area (Å²) in [6.07, 6.45) is 0. The molecule has 0 atom stereocenters. The van der Waals surface area contributed by atoms with Gasteiger partial charge in [0.2, 0.25) is 0 Å². The third-order valence-electron chi connectivity index (χ3n) is 3.46. The third-order valence-corrected chi connectivity index (χ3v) is 7.46. The molecule has 0 aliphatic carbocycles. The molecule has 0 spiro atoms. The molecule has 0 amide bonds. The Hall–Kier alpha value is -1.08. The standard InChI is InChI=1S/C18H20N2S4/c1-19(2)17(21)23-24-18(22)20(3)16(14-10-6-4-7-11-14)15-12-8-5-9-13-15/h4-13,16H,1-3H3. The molecule has 0 heterocycles. The molecule has 0 fully saturated rings. The van der Waals surface area contributed by atoms with Crippen molar-refractivity contribution in [3.8, 4) is 0 Å². The zero-order valence-electron chi connectivity index (χ0n) is 13.9. The van der Waals surface area contributed by atoms with Gasteiger partial charge in [0.05, 0.1) is 6.04 Å². The maximum atomic E-state index is 5.65. The summed E-state index contributed by atoms with van der Waals surface area (Å²) >= 11 is 11.0. The summed E-state index contributed by atoms with van der Waals surface area (Å²) in [6, 6.07) is 20.9. The molecule has 6 heteroatoms. The lowest BCUT2D eigenvalue weighted by Crippen LogP contribution is -2.28. The van der Waals surface area contributed by atoms with Crippen molar-refractivity contribution in [2.45, 2.75) is 6.04 Å². The van der Waals surface area contributed by atoms with Gasteiger partial charge in [0.15, 0.2) is 0 Å². The summed E-state index contributed by atoms with van der Waals surface area (Å²) in [5, 5.41) is 0. The van der Waals surface area contributed by atoms with Gasteiger partial charge in [-0.2, -0.15) is 0 Å². The van der Waals surface area contributed by atoms with Crippen LogP contribution in [0.5, 0.6) is 0 Å².